The Morgan fingerprint density at radius 2 is 1.56 bits per heavy atom. The van der Waals surface area contributed by atoms with Crippen LogP contribution in [0.5, 0.6) is 5.75 Å². The topological polar surface area (TPSA) is 118 Å². The second kappa shape index (κ2) is 10.8. The van der Waals surface area contributed by atoms with E-state index >= 15 is 0 Å². The maximum absolute atomic E-state index is 13.6. The third kappa shape index (κ3) is 5.51. The van der Waals surface area contributed by atoms with Gasteiger partial charge in [-0.15, -0.1) is 0 Å². The monoisotopic (exact) mass is 547 g/mol. The minimum atomic E-state index is -4.36. The fourth-order valence-electron chi connectivity index (χ4n) is 5.10. The van der Waals surface area contributed by atoms with Crippen molar-refractivity contribution in [2.75, 3.05) is 4.90 Å². The summed E-state index contributed by atoms with van der Waals surface area (Å²) >= 11 is 0. The zero-order chi connectivity index (χ0) is 27.7. The second-order valence-corrected chi connectivity index (χ2v) is 11.2. The predicted octanol–water partition coefficient (Wildman–Crippen LogP) is 5.22. The summed E-state index contributed by atoms with van der Waals surface area (Å²) in [5.74, 6) is -1.11. The van der Waals surface area contributed by atoms with Crippen LogP contribution in [0.4, 0.5) is 10.1 Å². The van der Waals surface area contributed by atoms with Crippen molar-refractivity contribution < 1.29 is 33.7 Å². The van der Waals surface area contributed by atoms with Gasteiger partial charge in [0, 0.05) is 11.3 Å². The molecule has 4 N–H and O–H groups in total. The summed E-state index contributed by atoms with van der Waals surface area (Å²) < 4.78 is 25.1. The zero-order valence-corrected chi connectivity index (χ0v) is 21.7. The van der Waals surface area contributed by atoms with Crippen LogP contribution in [0.15, 0.2) is 97.1 Å². The van der Waals surface area contributed by atoms with E-state index in [-0.39, 0.29) is 23.4 Å². The molecule has 1 heterocycles. The minimum Gasteiger partial charge on any atom is -0.508 e. The van der Waals surface area contributed by atoms with Crippen molar-refractivity contribution in [3.05, 3.63) is 114 Å². The number of hydrogen-bond donors (Lipinski definition) is 4. The van der Waals surface area contributed by atoms with Crippen molar-refractivity contribution in [1.29, 1.82) is 0 Å². The maximum Gasteiger partial charge on any atom is 0.356 e. The van der Waals surface area contributed by atoms with Crippen LogP contribution in [-0.2, 0) is 9.36 Å². The van der Waals surface area contributed by atoms with Crippen molar-refractivity contribution in [2.45, 2.75) is 25.0 Å². The molecular formula is C30H27FNO6P. The van der Waals surface area contributed by atoms with E-state index < -0.39 is 31.5 Å². The van der Waals surface area contributed by atoms with E-state index in [9.17, 15) is 33.7 Å². The van der Waals surface area contributed by atoms with Crippen molar-refractivity contribution in [2.24, 2.45) is 5.92 Å². The number of amides is 1. The van der Waals surface area contributed by atoms with Crippen molar-refractivity contribution in [3.63, 3.8) is 0 Å². The molecule has 4 aromatic carbocycles. The average Bonchev–Trinajstić information content (AvgIpc) is 2.92. The highest BCUT2D eigenvalue weighted by molar-refractivity contribution is 7.60. The molecule has 0 saturated carbocycles. The number of phenolic OH excluding ortho intramolecular Hbond substituents is 1. The number of aliphatic hydroxyl groups excluding tert-OH is 1. The Morgan fingerprint density at radius 3 is 2.21 bits per heavy atom. The lowest BCUT2D eigenvalue weighted by atomic mass is 9.77. The standard InChI is InChI=1S/C30H27FNO6P/c31-22-6-4-5-21(17-22)27(33)16-15-26-29(32(30(26)35)23-7-2-1-3-8-23)25-14-11-20(18-28(25)34)19-9-12-24(13-10-19)39(36,37)38/h1-14,17-18,26-27,29,33-34H,15-16H2,(H2,36,37,38). The minimum absolute atomic E-state index is 0.0272. The Hall–Kier alpha value is -3.81. The van der Waals surface area contributed by atoms with Crippen LogP contribution in [-0.4, -0.2) is 25.9 Å². The van der Waals surface area contributed by atoms with Gasteiger partial charge in [0.2, 0.25) is 5.91 Å². The summed E-state index contributed by atoms with van der Waals surface area (Å²) in [4.78, 5) is 33.6. The maximum atomic E-state index is 13.6. The smallest absolute Gasteiger partial charge is 0.356 e. The van der Waals surface area contributed by atoms with Crippen molar-refractivity contribution in [3.8, 4) is 16.9 Å². The zero-order valence-electron chi connectivity index (χ0n) is 20.8. The fourth-order valence-corrected chi connectivity index (χ4v) is 5.64. The van der Waals surface area contributed by atoms with Gasteiger partial charge in [-0.3, -0.25) is 9.36 Å². The number of anilines is 1. The van der Waals surface area contributed by atoms with Gasteiger partial charge in [0.05, 0.1) is 23.4 Å². The van der Waals surface area contributed by atoms with Gasteiger partial charge in [0.25, 0.3) is 0 Å². The molecule has 4 aromatic rings. The molecule has 1 aliphatic rings. The van der Waals surface area contributed by atoms with Gasteiger partial charge < -0.3 is 24.9 Å². The van der Waals surface area contributed by atoms with E-state index in [0.29, 0.717) is 34.4 Å². The summed E-state index contributed by atoms with van der Waals surface area (Å²) in [6.07, 6.45) is -0.369. The van der Waals surface area contributed by atoms with Crippen LogP contribution in [0.1, 0.15) is 36.1 Å². The normalized spacial score (nSPS) is 18.1. The van der Waals surface area contributed by atoms with Crippen LogP contribution in [0.3, 0.4) is 0 Å². The van der Waals surface area contributed by atoms with Gasteiger partial charge in [-0.25, -0.2) is 4.39 Å². The second-order valence-electron chi connectivity index (χ2n) is 9.61. The Morgan fingerprint density at radius 1 is 0.872 bits per heavy atom. The molecule has 1 saturated heterocycles. The quantitative estimate of drug-likeness (QED) is 0.178. The summed E-state index contributed by atoms with van der Waals surface area (Å²) in [6.45, 7) is 0. The molecule has 0 aromatic heterocycles. The van der Waals surface area contributed by atoms with Crippen LogP contribution in [0, 0.1) is 11.7 Å². The number of halogens is 1. The van der Waals surface area contributed by atoms with Gasteiger partial charge >= 0.3 is 7.60 Å². The molecule has 3 atom stereocenters. The molecule has 0 aliphatic carbocycles. The predicted molar refractivity (Wildman–Crippen MR) is 146 cm³/mol. The van der Waals surface area contributed by atoms with Gasteiger partial charge in [-0.1, -0.05) is 54.6 Å². The number of para-hydroxylation sites is 1. The molecule has 7 nitrogen and oxygen atoms in total. The highest BCUT2D eigenvalue weighted by Gasteiger charge is 2.49. The van der Waals surface area contributed by atoms with E-state index in [1.165, 1.54) is 30.3 Å². The first-order chi connectivity index (χ1) is 18.6. The van der Waals surface area contributed by atoms with Crippen LogP contribution >= 0.6 is 7.60 Å². The lowest BCUT2D eigenvalue weighted by Crippen LogP contribution is -2.55. The molecule has 1 fully saturated rings. The Bertz CT molecular complexity index is 1540. The molecule has 3 unspecified atom stereocenters. The molecule has 9 heteroatoms. The number of aromatic hydroxyl groups is 1. The van der Waals surface area contributed by atoms with Crippen LogP contribution < -0.4 is 10.2 Å². The third-order valence-corrected chi connectivity index (χ3v) is 8.09. The molecule has 1 aliphatic heterocycles. The van der Waals surface area contributed by atoms with Crippen LogP contribution in [0.2, 0.25) is 0 Å². The first kappa shape index (κ1) is 26.8. The molecular weight excluding hydrogens is 520 g/mol. The van der Waals surface area contributed by atoms with Crippen molar-refractivity contribution in [1.82, 2.24) is 0 Å². The van der Waals surface area contributed by atoms with Gasteiger partial charge in [0.1, 0.15) is 11.6 Å². The number of benzene rings is 4. The number of β-lactam (4-membered cyclic amide) rings is 1. The fraction of sp³-hybridized carbons (Fsp3) is 0.167. The SMILES string of the molecule is O=C1C(CCC(O)c2cccc(F)c2)C(c2ccc(-c3ccc(P(=O)(O)O)cc3)cc2O)N1c1ccccc1. The van der Waals surface area contributed by atoms with E-state index in [0.717, 1.165) is 0 Å². The summed E-state index contributed by atoms with van der Waals surface area (Å²) in [5, 5.41) is 21.6. The molecule has 39 heavy (non-hydrogen) atoms. The Labute approximate surface area is 225 Å². The highest BCUT2D eigenvalue weighted by Crippen LogP contribution is 2.49. The number of phenols is 1. The molecule has 5 rings (SSSR count). The summed E-state index contributed by atoms with van der Waals surface area (Å²) in [7, 11) is -4.36. The van der Waals surface area contributed by atoms with E-state index in [2.05, 4.69) is 0 Å². The highest BCUT2D eigenvalue weighted by atomic mass is 31.2. The first-order valence-electron chi connectivity index (χ1n) is 12.4. The lowest BCUT2D eigenvalue weighted by molar-refractivity contribution is -0.131. The van der Waals surface area contributed by atoms with Crippen LogP contribution in [0.25, 0.3) is 11.1 Å². The molecule has 0 spiro atoms. The largest absolute Gasteiger partial charge is 0.508 e. The average molecular weight is 548 g/mol. The first-order valence-corrected chi connectivity index (χ1v) is 14.1. The molecule has 0 radical (unpaired) electrons. The molecule has 200 valence electrons. The van der Waals surface area contributed by atoms with Gasteiger partial charge in [-0.05, 0) is 72.0 Å². The Kier molecular flexibility index (Phi) is 7.38. The van der Waals surface area contributed by atoms with Gasteiger partial charge in [-0.2, -0.15) is 0 Å². The molecule has 0 bridgehead atoms. The van der Waals surface area contributed by atoms with Crippen molar-refractivity contribution >= 4 is 24.5 Å². The number of carbonyl (C=O) groups excluding carboxylic acids is 1. The van der Waals surface area contributed by atoms with E-state index in [4.69, 9.17) is 0 Å². The number of carbonyl (C=O) groups is 1. The number of hydrogen-bond acceptors (Lipinski definition) is 4. The Balaban J connectivity index is 1.42. The summed E-state index contributed by atoms with van der Waals surface area (Å²) in [5.41, 5.74) is 2.97. The van der Waals surface area contributed by atoms with Gasteiger partial charge in [0.15, 0.2) is 0 Å². The van der Waals surface area contributed by atoms with E-state index in [1.807, 2.05) is 30.3 Å². The molecule has 1 amide bonds. The lowest BCUT2D eigenvalue weighted by Gasteiger charge is -2.48. The third-order valence-electron chi connectivity index (χ3n) is 7.12. The summed E-state index contributed by atoms with van der Waals surface area (Å²) in [6, 6.07) is 25.3. The van der Waals surface area contributed by atoms with E-state index in [1.54, 1.807) is 41.3 Å². The number of nitrogens with zero attached hydrogens (tertiary/aromatic N) is 1. The number of rotatable bonds is 8. The number of aliphatic hydroxyl groups is 1.